The number of aromatic nitrogens is 2. The molecule has 0 N–H and O–H groups in total. The van der Waals surface area contributed by atoms with E-state index in [2.05, 4.69) is 15.8 Å². The largest absolute Gasteiger partial charge is 0.361 e. The third-order valence-electron chi connectivity index (χ3n) is 2.94. The van der Waals surface area contributed by atoms with Gasteiger partial charge in [-0.2, -0.15) is 5.26 Å². The van der Waals surface area contributed by atoms with Crippen molar-refractivity contribution in [2.45, 2.75) is 13.5 Å². The van der Waals surface area contributed by atoms with Crippen LogP contribution in [0, 0.1) is 18.3 Å². The van der Waals surface area contributed by atoms with Gasteiger partial charge in [0.1, 0.15) is 11.5 Å². The monoisotopic (exact) mass is 237 g/mol. The number of fused-ring (bicyclic) bond motifs is 1. The number of nitrogens with zero attached hydrogens (tertiary/aromatic N) is 3. The Morgan fingerprint density at radius 3 is 3.00 bits per heavy atom. The van der Waals surface area contributed by atoms with Crippen molar-refractivity contribution in [1.82, 2.24) is 9.72 Å². The normalized spacial score (nSPS) is 10.7. The highest BCUT2D eigenvalue weighted by Crippen LogP contribution is 2.20. The van der Waals surface area contributed by atoms with E-state index in [0.29, 0.717) is 12.1 Å². The third kappa shape index (κ3) is 1.66. The van der Waals surface area contributed by atoms with Crippen molar-refractivity contribution >= 4 is 10.9 Å². The van der Waals surface area contributed by atoms with E-state index in [0.717, 1.165) is 22.4 Å². The fraction of sp³-hybridized carbons (Fsp3) is 0.143. The lowest BCUT2D eigenvalue weighted by Gasteiger charge is -2.02. The number of hydrogen-bond donors (Lipinski definition) is 0. The second kappa shape index (κ2) is 4.04. The molecule has 1 aromatic carbocycles. The van der Waals surface area contributed by atoms with Crippen LogP contribution >= 0.6 is 0 Å². The predicted molar refractivity (Wildman–Crippen MR) is 67.0 cm³/mol. The fourth-order valence-electron chi connectivity index (χ4n) is 2.13. The van der Waals surface area contributed by atoms with E-state index in [-0.39, 0.29) is 0 Å². The SMILES string of the molecule is Cc1cc(Cn2ccc3c(C#N)cccc32)no1. The molecule has 4 heteroatoms. The molecule has 2 heterocycles. The van der Waals surface area contributed by atoms with Gasteiger partial charge in [-0.3, -0.25) is 0 Å². The lowest BCUT2D eigenvalue weighted by atomic mass is 10.1. The molecule has 0 fully saturated rings. The predicted octanol–water partition coefficient (Wildman–Crippen LogP) is 2.86. The Hall–Kier alpha value is -2.54. The van der Waals surface area contributed by atoms with Gasteiger partial charge in [-0.1, -0.05) is 11.2 Å². The van der Waals surface area contributed by atoms with Crippen molar-refractivity contribution < 1.29 is 4.52 Å². The molecule has 0 radical (unpaired) electrons. The highest BCUT2D eigenvalue weighted by atomic mass is 16.5. The van der Waals surface area contributed by atoms with Gasteiger partial charge in [0.25, 0.3) is 0 Å². The van der Waals surface area contributed by atoms with Gasteiger partial charge >= 0.3 is 0 Å². The second-order valence-electron chi connectivity index (χ2n) is 4.22. The third-order valence-corrected chi connectivity index (χ3v) is 2.94. The molecule has 0 unspecified atom stereocenters. The summed E-state index contributed by atoms with van der Waals surface area (Å²) < 4.78 is 7.12. The minimum Gasteiger partial charge on any atom is -0.361 e. The zero-order chi connectivity index (χ0) is 12.5. The van der Waals surface area contributed by atoms with E-state index < -0.39 is 0 Å². The molecule has 0 aliphatic heterocycles. The molecule has 2 aromatic heterocycles. The van der Waals surface area contributed by atoms with E-state index in [1.54, 1.807) is 0 Å². The Bertz CT molecular complexity index is 746. The van der Waals surface area contributed by atoms with Crippen molar-refractivity contribution in [3.8, 4) is 6.07 Å². The van der Waals surface area contributed by atoms with Gasteiger partial charge < -0.3 is 9.09 Å². The Morgan fingerprint density at radius 1 is 1.39 bits per heavy atom. The average Bonchev–Trinajstić information content (AvgIpc) is 2.97. The summed E-state index contributed by atoms with van der Waals surface area (Å²) in [6, 6.07) is 11.8. The highest BCUT2D eigenvalue weighted by Gasteiger charge is 2.07. The van der Waals surface area contributed by atoms with Crippen LogP contribution in [-0.4, -0.2) is 9.72 Å². The molecule has 0 atom stereocenters. The fourth-order valence-corrected chi connectivity index (χ4v) is 2.13. The van der Waals surface area contributed by atoms with E-state index in [1.807, 2.05) is 43.5 Å². The lowest BCUT2D eigenvalue weighted by Crippen LogP contribution is -1.97. The zero-order valence-electron chi connectivity index (χ0n) is 9.92. The quantitative estimate of drug-likeness (QED) is 0.688. The van der Waals surface area contributed by atoms with Crippen LogP contribution in [0.5, 0.6) is 0 Å². The summed E-state index contributed by atoms with van der Waals surface area (Å²) >= 11 is 0. The molecule has 3 rings (SSSR count). The van der Waals surface area contributed by atoms with Crippen molar-refractivity contribution in [2.24, 2.45) is 0 Å². The van der Waals surface area contributed by atoms with Crippen LogP contribution in [0.4, 0.5) is 0 Å². The molecule has 0 saturated heterocycles. The molecule has 0 bridgehead atoms. The van der Waals surface area contributed by atoms with Crippen LogP contribution in [0.2, 0.25) is 0 Å². The Kier molecular flexibility index (Phi) is 2.38. The Labute approximate surface area is 104 Å². The van der Waals surface area contributed by atoms with E-state index in [4.69, 9.17) is 9.78 Å². The summed E-state index contributed by atoms with van der Waals surface area (Å²) in [5, 5.41) is 14.0. The van der Waals surface area contributed by atoms with Gasteiger partial charge in [-0.05, 0) is 25.1 Å². The van der Waals surface area contributed by atoms with E-state index in [9.17, 15) is 0 Å². The highest BCUT2D eigenvalue weighted by molar-refractivity contribution is 5.86. The van der Waals surface area contributed by atoms with Crippen molar-refractivity contribution in [1.29, 1.82) is 5.26 Å². The molecule has 0 aliphatic carbocycles. The van der Waals surface area contributed by atoms with Crippen LogP contribution < -0.4 is 0 Å². The summed E-state index contributed by atoms with van der Waals surface area (Å²) in [7, 11) is 0. The minimum absolute atomic E-state index is 0.649. The first-order valence-corrected chi connectivity index (χ1v) is 5.68. The average molecular weight is 237 g/mol. The lowest BCUT2D eigenvalue weighted by molar-refractivity contribution is 0.389. The van der Waals surface area contributed by atoms with Crippen LogP contribution in [0.15, 0.2) is 41.1 Å². The summed E-state index contributed by atoms with van der Waals surface area (Å²) in [6.45, 7) is 2.52. The number of hydrogen-bond acceptors (Lipinski definition) is 3. The van der Waals surface area contributed by atoms with Gasteiger partial charge in [0.15, 0.2) is 0 Å². The van der Waals surface area contributed by atoms with Gasteiger partial charge in [-0.25, -0.2) is 0 Å². The van der Waals surface area contributed by atoms with Gasteiger partial charge in [0, 0.05) is 23.2 Å². The maximum absolute atomic E-state index is 9.05. The molecule has 3 aromatic rings. The summed E-state index contributed by atoms with van der Waals surface area (Å²) in [5.74, 6) is 0.805. The standard InChI is InChI=1S/C14H11N3O/c1-10-7-12(16-18-10)9-17-6-5-13-11(8-15)3-2-4-14(13)17/h2-7H,9H2,1H3. The smallest absolute Gasteiger partial charge is 0.133 e. The first-order chi connectivity index (χ1) is 8.78. The maximum Gasteiger partial charge on any atom is 0.133 e. The van der Waals surface area contributed by atoms with Crippen molar-refractivity contribution in [3.63, 3.8) is 0 Å². The molecule has 88 valence electrons. The Balaban J connectivity index is 2.06. The van der Waals surface area contributed by atoms with Gasteiger partial charge in [-0.15, -0.1) is 0 Å². The van der Waals surface area contributed by atoms with E-state index >= 15 is 0 Å². The second-order valence-corrected chi connectivity index (χ2v) is 4.22. The van der Waals surface area contributed by atoms with Crippen LogP contribution in [0.25, 0.3) is 10.9 Å². The first kappa shape index (κ1) is 10.6. The van der Waals surface area contributed by atoms with Crippen LogP contribution in [-0.2, 0) is 6.54 Å². The summed E-state index contributed by atoms with van der Waals surface area (Å²) in [6.07, 6.45) is 1.97. The molecule has 0 saturated carbocycles. The summed E-state index contributed by atoms with van der Waals surface area (Å²) in [5.41, 5.74) is 2.62. The molecule has 18 heavy (non-hydrogen) atoms. The maximum atomic E-state index is 9.05. The van der Waals surface area contributed by atoms with E-state index in [1.165, 1.54) is 0 Å². The molecule has 4 nitrogen and oxygen atoms in total. The van der Waals surface area contributed by atoms with Gasteiger partial charge in [0.2, 0.25) is 0 Å². The first-order valence-electron chi connectivity index (χ1n) is 5.68. The number of benzene rings is 1. The summed E-state index contributed by atoms with van der Waals surface area (Å²) in [4.78, 5) is 0. The molecule has 0 amide bonds. The molecular formula is C14H11N3O. The topological polar surface area (TPSA) is 54.8 Å². The Morgan fingerprint density at radius 2 is 2.28 bits per heavy atom. The molecule has 0 spiro atoms. The number of nitriles is 1. The zero-order valence-corrected chi connectivity index (χ0v) is 9.92. The van der Waals surface area contributed by atoms with Crippen molar-refractivity contribution in [3.05, 3.63) is 53.5 Å². The molecule has 0 aliphatic rings. The molecular weight excluding hydrogens is 226 g/mol. The number of rotatable bonds is 2. The number of aryl methyl sites for hydroxylation is 1. The minimum atomic E-state index is 0.649. The van der Waals surface area contributed by atoms with Gasteiger partial charge in [0.05, 0.1) is 18.2 Å². The van der Waals surface area contributed by atoms with Crippen LogP contribution in [0.3, 0.4) is 0 Å². The van der Waals surface area contributed by atoms with Crippen LogP contribution in [0.1, 0.15) is 17.0 Å². The van der Waals surface area contributed by atoms with Crippen molar-refractivity contribution in [2.75, 3.05) is 0 Å².